The zero-order chi connectivity index (χ0) is 22.5. The van der Waals surface area contributed by atoms with Crippen molar-refractivity contribution in [3.05, 3.63) is 41.2 Å². The van der Waals surface area contributed by atoms with Crippen LogP contribution in [0, 0.1) is 18.8 Å². The van der Waals surface area contributed by atoms with Gasteiger partial charge < -0.3 is 19.1 Å². The number of aromatic nitrogens is 1. The Hall–Kier alpha value is -1.92. The number of epoxide rings is 2. The molecule has 1 amide bonds. The first-order valence-electron chi connectivity index (χ1n) is 12.1. The molecule has 5 rings (SSSR count). The summed E-state index contributed by atoms with van der Waals surface area (Å²) >= 11 is 0. The van der Waals surface area contributed by atoms with Crippen LogP contribution in [-0.2, 0) is 20.6 Å². The van der Waals surface area contributed by atoms with Gasteiger partial charge in [0, 0.05) is 30.9 Å². The minimum atomic E-state index is -0.169. The van der Waals surface area contributed by atoms with Crippen LogP contribution in [0.1, 0.15) is 57.7 Å². The molecule has 0 N–H and O–H groups in total. The van der Waals surface area contributed by atoms with Crippen LogP contribution in [0.3, 0.4) is 0 Å². The van der Waals surface area contributed by atoms with Crippen molar-refractivity contribution >= 4 is 6.09 Å². The molecular formula is C26H36N2O4. The Balaban J connectivity index is 1.12. The van der Waals surface area contributed by atoms with Gasteiger partial charge in [-0.3, -0.25) is 4.98 Å². The number of amides is 1. The second kappa shape index (κ2) is 8.14. The zero-order valence-electron chi connectivity index (χ0n) is 19.8. The van der Waals surface area contributed by atoms with E-state index >= 15 is 0 Å². The van der Waals surface area contributed by atoms with Crippen molar-refractivity contribution in [1.82, 2.24) is 9.88 Å². The summed E-state index contributed by atoms with van der Waals surface area (Å²) in [5.41, 5.74) is 3.37. The SMILES string of the molecule is CC(C)=CC[C@H]1O[C@]1(C)C1CC(OC(=O)N2CC(Cc3ccc(C)nc3)C2)CCC12CO2. The minimum absolute atomic E-state index is 0.0483. The molecule has 1 aliphatic carbocycles. The maximum absolute atomic E-state index is 12.7. The Morgan fingerprint density at radius 2 is 2.12 bits per heavy atom. The van der Waals surface area contributed by atoms with Crippen LogP contribution >= 0.6 is 0 Å². The lowest BCUT2D eigenvalue weighted by Crippen LogP contribution is -2.52. The molecule has 4 heterocycles. The molecule has 0 radical (unpaired) electrons. The van der Waals surface area contributed by atoms with Crippen LogP contribution in [-0.4, -0.2) is 59.1 Å². The zero-order valence-corrected chi connectivity index (χ0v) is 19.8. The van der Waals surface area contributed by atoms with Crippen molar-refractivity contribution < 1.29 is 19.0 Å². The highest BCUT2D eigenvalue weighted by Gasteiger charge is 2.68. The Labute approximate surface area is 191 Å². The largest absolute Gasteiger partial charge is 0.446 e. The first-order valence-corrected chi connectivity index (χ1v) is 12.1. The van der Waals surface area contributed by atoms with E-state index in [-0.39, 0.29) is 35.4 Å². The number of carbonyl (C=O) groups is 1. The van der Waals surface area contributed by atoms with Gasteiger partial charge in [0.05, 0.1) is 23.9 Å². The molecule has 1 aromatic rings. The van der Waals surface area contributed by atoms with Crippen molar-refractivity contribution in [3.8, 4) is 0 Å². The summed E-state index contributed by atoms with van der Waals surface area (Å²) in [5, 5.41) is 0. The number of rotatable bonds is 6. The molecule has 6 heteroatoms. The van der Waals surface area contributed by atoms with Crippen molar-refractivity contribution in [1.29, 1.82) is 0 Å². The molecule has 1 aromatic heterocycles. The molecule has 32 heavy (non-hydrogen) atoms. The molecule has 1 spiro atoms. The molecule has 0 bridgehead atoms. The lowest BCUT2D eigenvalue weighted by Gasteiger charge is -2.41. The molecule has 1 saturated carbocycles. The van der Waals surface area contributed by atoms with Gasteiger partial charge in [-0.15, -0.1) is 0 Å². The van der Waals surface area contributed by atoms with E-state index < -0.39 is 0 Å². The monoisotopic (exact) mass is 440 g/mol. The molecule has 6 nitrogen and oxygen atoms in total. The summed E-state index contributed by atoms with van der Waals surface area (Å²) in [6.07, 6.45) is 8.80. The molecule has 4 aliphatic rings. The lowest BCUT2D eigenvalue weighted by molar-refractivity contribution is -0.0220. The van der Waals surface area contributed by atoms with Crippen molar-refractivity contribution in [2.24, 2.45) is 11.8 Å². The van der Waals surface area contributed by atoms with E-state index in [4.69, 9.17) is 14.2 Å². The topological polar surface area (TPSA) is 67.5 Å². The molecule has 5 atom stereocenters. The molecule has 3 aliphatic heterocycles. The standard InChI is InChI=1S/C26H36N2O4/c1-17(2)5-8-23-25(4,32-23)22-12-21(9-10-26(22)16-30-26)31-24(29)28-14-20(15-28)11-19-7-6-18(3)27-13-19/h5-7,13,20-23H,8-12,14-16H2,1-4H3/t21?,22?,23-,25-,26?/m1/s1. The third-order valence-electron chi connectivity index (χ3n) is 7.93. The fourth-order valence-electron chi connectivity index (χ4n) is 5.70. The highest BCUT2D eigenvalue weighted by atomic mass is 16.6. The van der Waals surface area contributed by atoms with E-state index in [2.05, 4.69) is 37.9 Å². The van der Waals surface area contributed by atoms with E-state index in [0.29, 0.717) is 5.92 Å². The fraction of sp³-hybridized carbons (Fsp3) is 0.692. The van der Waals surface area contributed by atoms with E-state index in [9.17, 15) is 4.79 Å². The first-order chi connectivity index (χ1) is 15.3. The highest BCUT2D eigenvalue weighted by molar-refractivity contribution is 5.69. The van der Waals surface area contributed by atoms with Crippen LogP contribution in [0.2, 0.25) is 0 Å². The van der Waals surface area contributed by atoms with E-state index in [1.54, 1.807) is 0 Å². The summed E-state index contributed by atoms with van der Waals surface area (Å²) in [6, 6.07) is 4.18. The van der Waals surface area contributed by atoms with Crippen molar-refractivity contribution in [2.75, 3.05) is 19.7 Å². The second-order valence-corrected chi connectivity index (χ2v) is 10.8. The summed E-state index contributed by atoms with van der Waals surface area (Å²) in [7, 11) is 0. The minimum Gasteiger partial charge on any atom is -0.446 e. The number of ether oxygens (including phenoxy) is 3. The average molecular weight is 441 g/mol. The number of likely N-dealkylation sites (tertiary alicyclic amines) is 1. The van der Waals surface area contributed by atoms with Gasteiger partial charge in [0.15, 0.2) is 0 Å². The quantitative estimate of drug-likeness (QED) is 0.483. The van der Waals surface area contributed by atoms with E-state index in [1.165, 1.54) is 11.1 Å². The predicted molar refractivity (Wildman–Crippen MR) is 121 cm³/mol. The van der Waals surface area contributed by atoms with Crippen LogP contribution in [0.25, 0.3) is 0 Å². The lowest BCUT2D eigenvalue weighted by atomic mass is 9.70. The molecule has 3 unspecified atom stereocenters. The molecular weight excluding hydrogens is 404 g/mol. The number of nitrogens with zero attached hydrogens (tertiary/aromatic N) is 2. The van der Waals surface area contributed by atoms with E-state index in [0.717, 1.165) is 57.5 Å². The summed E-state index contributed by atoms with van der Waals surface area (Å²) < 4.78 is 18.1. The number of hydrogen-bond acceptors (Lipinski definition) is 5. The van der Waals surface area contributed by atoms with Crippen LogP contribution in [0.4, 0.5) is 4.79 Å². The maximum atomic E-state index is 12.7. The van der Waals surface area contributed by atoms with Gasteiger partial charge in [-0.1, -0.05) is 17.7 Å². The third-order valence-corrected chi connectivity index (χ3v) is 7.93. The van der Waals surface area contributed by atoms with Crippen molar-refractivity contribution in [3.63, 3.8) is 0 Å². The van der Waals surface area contributed by atoms with Gasteiger partial charge in [-0.05, 0) is 77.3 Å². The number of hydrogen-bond donors (Lipinski definition) is 0. The van der Waals surface area contributed by atoms with Gasteiger partial charge >= 0.3 is 6.09 Å². The Morgan fingerprint density at radius 3 is 2.78 bits per heavy atom. The van der Waals surface area contributed by atoms with Gasteiger partial charge in [0.1, 0.15) is 6.10 Å². The third kappa shape index (κ3) is 4.32. The van der Waals surface area contributed by atoms with Gasteiger partial charge in [-0.2, -0.15) is 0 Å². The van der Waals surface area contributed by atoms with Crippen LogP contribution in [0.15, 0.2) is 30.0 Å². The predicted octanol–water partition coefficient (Wildman–Crippen LogP) is 4.45. The summed E-state index contributed by atoms with van der Waals surface area (Å²) in [5.74, 6) is 0.777. The van der Waals surface area contributed by atoms with Gasteiger partial charge in [0.2, 0.25) is 0 Å². The van der Waals surface area contributed by atoms with Crippen LogP contribution in [0.5, 0.6) is 0 Å². The van der Waals surface area contributed by atoms with Gasteiger partial charge in [0.25, 0.3) is 0 Å². The average Bonchev–Trinajstić information content (AvgIpc) is 3.63. The number of carbonyl (C=O) groups excluding carboxylic acids is 1. The Morgan fingerprint density at radius 1 is 1.34 bits per heavy atom. The van der Waals surface area contributed by atoms with Crippen LogP contribution < -0.4 is 0 Å². The smallest absolute Gasteiger partial charge is 0.410 e. The van der Waals surface area contributed by atoms with Crippen molar-refractivity contribution in [2.45, 2.75) is 83.2 Å². The normalized spacial score (nSPS) is 35.9. The fourth-order valence-corrected chi connectivity index (χ4v) is 5.70. The highest BCUT2D eigenvalue weighted by Crippen LogP contribution is 2.59. The summed E-state index contributed by atoms with van der Waals surface area (Å²) in [4.78, 5) is 19.0. The Bertz CT molecular complexity index is 884. The number of allylic oxidation sites excluding steroid dienone is 1. The summed E-state index contributed by atoms with van der Waals surface area (Å²) in [6.45, 7) is 10.8. The van der Waals surface area contributed by atoms with Gasteiger partial charge in [-0.25, -0.2) is 4.79 Å². The molecule has 174 valence electrons. The second-order valence-electron chi connectivity index (χ2n) is 10.8. The maximum Gasteiger partial charge on any atom is 0.410 e. The molecule has 0 aromatic carbocycles. The number of pyridine rings is 1. The first kappa shape index (κ1) is 21.9. The van der Waals surface area contributed by atoms with E-state index in [1.807, 2.05) is 24.1 Å². The molecule has 3 saturated heterocycles. The molecule has 4 fully saturated rings. The number of aryl methyl sites for hydroxylation is 1. The Kier molecular flexibility index (Phi) is 5.57.